The van der Waals surface area contributed by atoms with Crippen LogP contribution in [0.25, 0.3) is 0 Å². The van der Waals surface area contributed by atoms with Crippen LogP contribution in [0.2, 0.25) is 5.02 Å². The maximum absolute atomic E-state index is 13.2. The number of benzene rings is 2. The molecule has 0 saturated carbocycles. The summed E-state index contributed by atoms with van der Waals surface area (Å²) in [7, 11) is 0. The van der Waals surface area contributed by atoms with Gasteiger partial charge in [0, 0.05) is 22.0 Å². The fraction of sp³-hybridized carbons (Fsp3) is 0.294. The van der Waals surface area contributed by atoms with Crippen molar-refractivity contribution in [1.29, 1.82) is 0 Å². The van der Waals surface area contributed by atoms with E-state index >= 15 is 0 Å². The molecule has 2 atom stereocenters. The predicted molar refractivity (Wildman–Crippen MR) is 88.5 cm³/mol. The first-order valence-corrected chi connectivity index (χ1v) is 8.23. The Morgan fingerprint density at radius 1 is 1.10 bits per heavy atom. The summed E-state index contributed by atoms with van der Waals surface area (Å²) in [6.07, 6.45) is 1.04. The summed E-state index contributed by atoms with van der Waals surface area (Å²) in [5.41, 5.74) is 2.40. The Kier molecular flexibility index (Phi) is 4.63. The van der Waals surface area contributed by atoms with Crippen molar-refractivity contribution < 1.29 is 4.39 Å². The van der Waals surface area contributed by atoms with E-state index in [-0.39, 0.29) is 5.82 Å². The Morgan fingerprint density at radius 2 is 1.86 bits per heavy atom. The first kappa shape index (κ1) is 15.0. The Morgan fingerprint density at radius 3 is 2.62 bits per heavy atom. The first-order chi connectivity index (χ1) is 10.1. The summed E-state index contributed by atoms with van der Waals surface area (Å²) >= 11 is 9.80. The van der Waals surface area contributed by atoms with Gasteiger partial charge >= 0.3 is 0 Å². The molecular weight excluding hydrogens is 353 g/mol. The second-order valence-corrected chi connectivity index (χ2v) is 6.71. The third kappa shape index (κ3) is 3.31. The van der Waals surface area contributed by atoms with E-state index in [1.165, 1.54) is 23.3 Å². The first-order valence-electron chi connectivity index (χ1n) is 7.06. The number of piperidine rings is 1. The Bertz CT molecular complexity index is 629. The van der Waals surface area contributed by atoms with Gasteiger partial charge in [0.1, 0.15) is 5.82 Å². The van der Waals surface area contributed by atoms with Gasteiger partial charge in [-0.05, 0) is 60.3 Å². The van der Waals surface area contributed by atoms with E-state index < -0.39 is 0 Å². The summed E-state index contributed by atoms with van der Waals surface area (Å²) in [6.45, 7) is 1.89. The number of hydrogen-bond donors (Lipinski definition) is 1. The molecule has 0 bridgehead atoms. The van der Waals surface area contributed by atoms with Crippen molar-refractivity contribution in [2.45, 2.75) is 18.3 Å². The quantitative estimate of drug-likeness (QED) is 0.777. The van der Waals surface area contributed by atoms with Crippen LogP contribution in [0.5, 0.6) is 0 Å². The highest BCUT2D eigenvalue weighted by Crippen LogP contribution is 2.41. The van der Waals surface area contributed by atoms with Crippen molar-refractivity contribution >= 4 is 27.5 Å². The van der Waals surface area contributed by atoms with Crippen LogP contribution < -0.4 is 5.32 Å². The van der Waals surface area contributed by atoms with Crippen LogP contribution in [0, 0.1) is 5.82 Å². The number of nitrogens with one attached hydrogen (secondary N) is 1. The maximum Gasteiger partial charge on any atom is 0.123 e. The summed E-state index contributed by atoms with van der Waals surface area (Å²) in [5.74, 6) is 0.516. The molecule has 0 amide bonds. The van der Waals surface area contributed by atoms with Crippen molar-refractivity contribution in [3.63, 3.8) is 0 Å². The lowest BCUT2D eigenvalue weighted by Crippen LogP contribution is -2.34. The van der Waals surface area contributed by atoms with Gasteiger partial charge in [0.05, 0.1) is 0 Å². The van der Waals surface area contributed by atoms with Crippen molar-refractivity contribution in [2.75, 3.05) is 13.1 Å². The lowest BCUT2D eigenvalue weighted by atomic mass is 9.77. The van der Waals surface area contributed by atoms with Gasteiger partial charge in [-0.2, -0.15) is 0 Å². The van der Waals surface area contributed by atoms with Crippen molar-refractivity contribution in [3.8, 4) is 0 Å². The predicted octanol–water partition coefficient (Wildman–Crippen LogP) is 5.10. The van der Waals surface area contributed by atoms with E-state index in [0.717, 1.165) is 29.0 Å². The minimum atomic E-state index is -0.192. The van der Waals surface area contributed by atoms with Gasteiger partial charge in [0.25, 0.3) is 0 Å². The Balaban J connectivity index is 1.98. The van der Waals surface area contributed by atoms with E-state index in [0.29, 0.717) is 11.8 Å². The summed E-state index contributed by atoms with van der Waals surface area (Å²) in [5, 5.41) is 4.19. The zero-order chi connectivity index (χ0) is 14.8. The van der Waals surface area contributed by atoms with Gasteiger partial charge in [-0.3, -0.25) is 0 Å². The second kappa shape index (κ2) is 6.47. The van der Waals surface area contributed by atoms with Gasteiger partial charge in [-0.15, -0.1) is 0 Å². The number of halogens is 3. The molecule has 1 fully saturated rings. The van der Waals surface area contributed by atoms with E-state index in [1.807, 2.05) is 30.3 Å². The van der Waals surface area contributed by atoms with Crippen LogP contribution >= 0.6 is 27.5 Å². The molecule has 110 valence electrons. The minimum Gasteiger partial charge on any atom is -0.316 e. The third-order valence-corrected chi connectivity index (χ3v) is 5.10. The monoisotopic (exact) mass is 367 g/mol. The highest BCUT2D eigenvalue weighted by atomic mass is 79.9. The molecule has 2 aromatic rings. The molecule has 1 N–H and O–H groups in total. The van der Waals surface area contributed by atoms with Gasteiger partial charge in [-0.1, -0.05) is 39.7 Å². The van der Waals surface area contributed by atoms with E-state index in [9.17, 15) is 4.39 Å². The zero-order valence-electron chi connectivity index (χ0n) is 11.5. The highest BCUT2D eigenvalue weighted by Gasteiger charge is 2.29. The molecule has 21 heavy (non-hydrogen) atoms. The molecule has 0 radical (unpaired) electrons. The fourth-order valence-corrected chi connectivity index (χ4v) is 3.81. The summed E-state index contributed by atoms with van der Waals surface area (Å²) in [4.78, 5) is 0. The molecule has 1 saturated heterocycles. The van der Waals surface area contributed by atoms with Crippen LogP contribution in [-0.4, -0.2) is 13.1 Å². The highest BCUT2D eigenvalue weighted by molar-refractivity contribution is 9.10. The Hall–Kier alpha value is -0.900. The molecule has 1 nitrogen and oxygen atoms in total. The summed E-state index contributed by atoms with van der Waals surface area (Å²) in [6, 6.07) is 12.8. The number of rotatable bonds is 2. The molecule has 0 spiro atoms. The normalized spacial score (nSPS) is 22.2. The van der Waals surface area contributed by atoms with Crippen molar-refractivity contribution in [2.24, 2.45) is 0 Å². The van der Waals surface area contributed by atoms with Crippen molar-refractivity contribution in [1.82, 2.24) is 5.32 Å². The molecule has 3 rings (SSSR count). The van der Waals surface area contributed by atoms with Crippen LogP contribution in [-0.2, 0) is 0 Å². The lowest BCUT2D eigenvalue weighted by Gasteiger charge is -2.33. The third-order valence-electron chi connectivity index (χ3n) is 4.14. The van der Waals surface area contributed by atoms with Crippen LogP contribution in [0.15, 0.2) is 46.9 Å². The van der Waals surface area contributed by atoms with Gasteiger partial charge < -0.3 is 5.32 Å². The second-order valence-electron chi connectivity index (χ2n) is 5.42. The maximum atomic E-state index is 13.2. The Labute approximate surface area is 137 Å². The minimum absolute atomic E-state index is 0.192. The smallest absolute Gasteiger partial charge is 0.123 e. The molecule has 1 aliphatic rings. The zero-order valence-corrected chi connectivity index (χ0v) is 13.8. The molecule has 0 aromatic heterocycles. The van der Waals surface area contributed by atoms with Crippen LogP contribution in [0.3, 0.4) is 0 Å². The topological polar surface area (TPSA) is 12.0 Å². The number of hydrogen-bond acceptors (Lipinski definition) is 1. The molecule has 1 aliphatic heterocycles. The van der Waals surface area contributed by atoms with Gasteiger partial charge in [0.2, 0.25) is 0 Å². The van der Waals surface area contributed by atoms with Gasteiger partial charge in [-0.25, -0.2) is 4.39 Å². The van der Waals surface area contributed by atoms with E-state index in [2.05, 4.69) is 21.2 Å². The SMILES string of the molecule is Fc1ccc(C2CNCCC2c2cc(Cl)ccc2Br)cc1. The van der Waals surface area contributed by atoms with Crippen LogP contribution in [0.1, 0.15) is 29.4 Å². The molecule has 1 heterocycles. The average Bonchev–Trinajstić information content (AvgIpc) is 2.51. The summed E-state index contributed by atoms with van der Waals surface area (Å²) < 4.78 is 14.2. The fourth-order valence-electron chi connectivity index (χ4n) is 3.09. The average molecular weight is 369 g/mol. The van der Waals surface area contributed by atoms with Crippen molar-refractivity contribution in [3.05, 3.63) is 68.9 Å². The largest absolute Gasteiger partial charge is 0.316 e. The molecular formula is C17H16BrClFN. The molecule has 0 aliphatic carbocycles. The van der Waals surface area contributed by atoms with Crippen LogP contribution in [0.4, 0.5) is 4.39 Å². The molecule has 4 heteroatoms. The van der Waals surface area contributed by atoms with Gasteiger partial charge in [0.15, 0.2) is 0 Å². The molecule has 2 unspecified atom stereocenters. The lowest BCUT2D eigenvalue weighted by molar-refractivity contribution is 0.403. The van der Waals surface area contributed by atoms with E-state index in [4.69, 9.17) is 11.6 Å². The molecule has 2 aromatic carbocycles. The standard InChI is InChI=1S/C17H16BrClFN/c18-17-6-3-12(19)9-15(17)14-7-8-21-10-16(14)11-1-4-13(20)5-2-11/h1-6,9,14,16,21H,7-8,10H2. The van der Waals surface area contributed by atoms with E-state index in [1.54, 1.807) is 0 Å².